The second kappa shape index (κ2) is 6.91. The van der Waals surface area contributed by atoms with Crippen LogP contribution >= 0.6 is 0 Å². The van der Waals surface area contributed by atoms with Gasteiger partial charge in [-0.05, 0) is 30.5 Å². The molecule has 7 heteroatoms. The molecule has 0 radical (unpaired) electrons. The van der Waals surface area contributed by atoms with Gasteiger partial charge in [0.05, 0.1) is 11.7 Å². The van der Waals surface area contributed by atoms with E-state index in [0.717, 1.165) is 12.8 Å². The molecule has 0 saturated heterocycles. The van der Waals surface area contributed by atoms with Crippen LogP contribution in [-0.2, 0) is 25.8 Å². The summed E-state index contributed by atoms with van der Waals surface area (Å²) in [5.41, 5.74) is 0.953. The Kier molecular flexibility index (Phi) is 5.18. The van der Waals surface area contributed by atoms with E-state index in [1.54, 1.807) is 18.2 Å². The molecule has 1 aromatic carbocycles. The Morgan fingerprint density at radius 3 is 2.55 bits per heavy atom. The van der Waals surface area contributed by atoms with E-state index in [9.17, 15) is 18.0 Å². The minimum Gasteiger partial charge on any atom is -0.481 e. The van der Waals surface area contributed by atoms with E-state index in [1.165, 1.54) is 6.07 Å². The Labute approximate surface area is 129 Å². The number of carbonyl (C=O) groups excluding carboxylic acids is 1. The normalized spacial score (nSPS) is 15.6. The highest BCUT2D eigenvalue weighted by Crippen LogP contribution is 2.25. The average Bonchev–Trinajstić information content (AvgIpc) is 2.91. The fourth-order valence-corrected chi connectivity index (χ4v) is 4.40. The first-order valence-electron chi connectivity index (χ1n) is 7.19. The highest BCUT2D eigenvalue weighted by atomic mass is 32.2. The number of aliphatic carboxylic acids is 1. The molecule has 0 atom stereocenters. The third-order valence-corrected chi connectivity index (χ3v) is 5.86. The van der Waals surface area contributed by atoms with Crippen LogP contribution in [-0.4, -0.2) is 36.4 Å². The number of hydrogen-bond donors (Lipinski definition) is 2. The van der Waals surface area contributed by atoms with Gasteiger partial charge in [0.15, 0.2) is 9.84 Å². The van der Waals surface area contributed by atoms with Crippen molar-refractivity contribution in [3.8, 4) is 0 Å². The summed E-state index contributed by atoms with van der Waals surface area (Å²) in [5, 5.41) is 10.9. The molecular weight excluding hydrogens is 306 g/mol. The molecule has 6 nitrogen and oxygen atoms in total. The van der Waals surface area contributed by atoms with Gasteiger partial charge < -0.3 is 10.4 Å². The average molecular weight is 325 g/mol. The number of carboxylic acid groups (broad SMARTS) is 1. The van der Waals surface area contributed by atoms with Gasteiger partial charge in [-0.15, -0.1) is 0 Å². The van der Waals surface area contributed by atoms with Crippen LogP contribution in [0.15, 0.2) is 24.3 Å². The van der Waals surface area contributed by atoms with Crippen LogP contribution in [0, 0.1) is 0 Å². The molecule has 2 N–H and O–H groups in total. The molecule has 0 bridgehead atoms. The zero-order valence-corrected chi connectivity index (χ0v) is 12.9. The Hall–Kier alpha value is -1.89. The Bertz CT molecular complexity index is 662. The summed E-state index contributed by atoms with van der Waals surface area (Å²) in [5.74, 6) is -2.08. The number of rotatable bonds is 6. The van der Waals surface area contributed by atoms with Gasteiger partial charge in [-0.1, -0.05) is 25.0 Å². The Morgan fingerprint density at radius 2 is 1.91 bits per heavy atom. The van der Waals surface area contributed by atoms with Gasteiger partial charge >= 0.3 is 5.97 Å². The van der Waals surface area contributed by atoms with E-state index in [-0.39, 0.29) is 6.42 Å². The van der Waals surface area contributed by atoms with Crippen molar-refractivity contribution in [1.29, 1.82) is 0 Å². The summed E-state index contributed by atoms with van der Waals surface area (Å²) in [6, 6.07) is 6.40. The molecule has 0 aliphatic heterocycles. The van der Waals surface area contributed by atoms with Crippen molar-refractivity contribution in [3.63, 3.8) is 0 Å². The first-order valence-corrected chi connectivity index (χ1v) is 8.90. The molecule has 0 unspecified atom stereocenters. The molecule has 2 rings (SSSR count). The van der Waals surface area contributed by atoms with E-state index in [1.807, 2.05) is 0 Å². The molecule has 1 aromatic rings. The fraction of sp³-hybridized carbons (Fsp3) is 0.467. The second-order valence-electron chi connectivity index (χ2n) is 5.53. The number of amides is 1. The zero-order valence-electron chi connectivity index (χ0n) is 12.1. The molecule has 1 fully saturated rings. The highest BCUT2D eigenvalue weighted by Gasteiger charge is 2.30. The summed E-state index contributed by atoms with van der Waals surface area (Å²) in [6.07, 6.45) is 2.89. The van der Waals surface area contributed by atoms with E-state index >= 15 is 0 Å². The molecule has 0 heterocycles. The van der Waals surface area contributed by atoms with Gasteiger partial charge in [0, 0.05) is 5.69 Å². The number of sulfone groups is 1. The van der Waals surface area contributed by atoms with Gasteiger partial charge in [0.25, 0.3) is 0 Å². The summed E-state index contributed by atoms with van der Waals surface area (Å²) in [4.78, 5) is 22.6. The van der Waals surface area contributed by atoms with Crippen LogP contribution in [0.25, 0.3) is 0 Å². The third kappa shape index (κ3) is 4.56. The van der Waals surface area contributed by atoms with Crippen molar-refractivity contribution in [2.24, 2.45) is 0 Å². The minimum atomic E-state index is -3.41. The van der Waals surface area contributed by atoms with Crippen LogP contribution in [0.1, 0.15) is 31.2 Å². The quantitative estimate of drug-likeness (QED) is 0.827. The van der Waals surface area contributed by atoms with Crippen LogP contribution < -0.4 is 5.32 Å². The molecule has 1 aliphatic rings. The first kappa shape index (κ1) is 16.5. The lowest BCUT2D eigenvalue weighted by atomic mass is 10.1. The van der Waals surface area contributed by atoms with E-state index < -0.39 is 32.7 Å². The van der Waals surface area contributed by atoms with Crippen LogP contribution in [0.2, 0.25) is 0 Å². The maximum atomic E-state index is 12.1. The Morgan fingerprint density at radius 1 is 1.23 bits per heavy atom. The van der Waals surface area contributed by atoms with Crippen molar-refractivity contribution < 1.29 is 23.1 Å². The van der Waals surface area contributed by atoms with Crippen molar-refractivity contribution in [3.05, 3.63) is 29.8 Å². The van der Waals surface area contributed by atoms with Crippen molar-refractivity contribution in [2.75, 3.05) is 11.1 Å². The number of benzene rings is 1. The van der Waals surface area contributed by atoms with Crippen LogP contribution in [0.5, 0.6) is 0 Å². The SMILES string of the molecule is O=C(O)Cc1cccc(NC(=O)CS(=O)(=O)C2CCCC2)c1. The summed E-state index contributed by atoms with van der Waals surface area (Å²) < 4.78 is 24.2. The third-order valence-electron chi connectivity index (χ3n) is 3.71. The minimum absolute atomic E-state index is 0.149. The van der Waals surface area contributed by atoms with Gasteiger partial charge in [0.1, 0.15) is 5.75 Å². The fourth-order valence-electron chi connectivity index (χ4n) is 2.68. The maximum Gasteiger partial charge on any atom is 0.307 e. The highest BCUT2D eigenvalue weighted by molar-refractivity contribution is 7.92. The monoisotopic (exact) mass is 325 g/mol. The lowest BCUT2D eigenvalue weighted by Crippen LogP contribution is -2.29. The first-order chi connectivity index (χ1) is 10.4. The smallest absolute Gasteiger partial charge is 0.307 e. The van der Waals surface area contributed by atoms with E-state index in [0.29, 0.717) is 24.1 Å². The number of nitrogens with one attached hydrogen (secondary N) is 1. The number of carboxylic acids is 1. The van der Waals surface area contributed by atoms with Crippen molar-refractivity contribution in [1.82, 2.24) is 0 Å². The maximum absolute atomic E-state index is 12.1. The summed E-state index contributed by atoms with van der Waals surface area (Å²) in [6.45, 7) is 0. The van der Waals surface area contributed by atoms with Crippen molar-refractivity contribution >= 4 is 27.4 Å². The standard InChI is InChI=1S/C15H19NO5S/c17-14(10-22(20,21)13-6-1-2-7-13)16-12-5-3-4-11(8-12)9-15(18)19/h3-5,8,13H,1-2,6-7,9-10H2,(H,16,17)(H,18,19). The largest absolute Gasteiger partial charge is 0.481 e. The topological polar surface area (TPSA) is 101 Å². The van der Waals surface area contributed by atoms with Crippen LogP contribution in [0.3, 0.4) is 0 Å². The van der Waals surface area contributed by atoms with Crippen molar-refractivity contribution in [2.45, 2.75) is 37.4 Å². The van der Waals surface area contributed by atoms with Gasteiger partial charge in [-0.2, -0.15) is 0 Å². The molecule has 1 saturated carbocycles. The summed E-state index contributed by atoms with van der Waals surface area (Å²) >= 11 is 0. The lowest BCUT2D eigenvalue weighted by molar-refractivity contribution is -0.136. The number of carbonyl (C=O) groups is 2. The van der Waals surface area contributed by atoms with Gasteiger partial charge in [0.2, 0.25) is 5.91 Å². The molecule has 22 heavy (non-hydrogen) atoms. The molecule has 0 aromatic heterocycles. The predicted molar refractivity (Wildman–Crippen MR) is 82.5 cm³/mol. The molecule has 1 aliphatic carbocycles. The van der Waals surface area contributed by atoms with Gasteiger partial charge in [-0.25, -0.2) is 8.42 Å². The second-order valence-corrected chi connectivity index (χ2v) is 7.81. The molecular formula is C15H19NO5S. The molecule has 0 spiro atoms. The lowest BCUT2D eigenvalue weighted by Gasteiger charge is -2.11. The molecule has 120 valence electrons. The Balaban J connectivity index is 1.98. The molecule has 1 amide bonds. The van der Waals surface area contributed by atoms with Gasteiger partial charge in [-0.3, -0.25) is 9.59 Å². The van der Waals surface area contributed by atoms with E-state index in [4.69, 9.17) is 5.11 Å². The zero-order chi connectivity index (χ0) is 16.2. The summed E-state index contributed by atoms with van der Waals surface area (Å²) in [7, 11) is -3.41. The predicted octanol–water partition coefficient (Wildman–Crippen LogP) is 1.61. The number of anilines is 1. The van der Waals surface area contributed by atoms with Crippen LogP contribution in [0.4, 0.5) is 5.69 Å². The number of hydrogen-bond acceptors (Lipinski definition) is 4. The van der Waals surface area contributed by atoms with E-state index in [2.05, 4.69) is 5.32 Å².